The monoisotopic (exact) mass is 229 g/mol. The summed E-state index contributed by atoms with van der Waals surface area (Å²) in [7, 11) is 1.58. The van der Waals surface area contributed by atoms with Crippen molar-refractivity contribution in [1.29, 1.82) is 0 Å². The van der Waals surface area contributed by atoms with Gasteiger partial charge < -0.3 is 10.1 Å². The fourth-order valence-corrected chi connectivity index (χ4v) is 0.992. The van der Waals surface area contributed by atoms with E-state index < -0.39 is 11.6 Å². The molecule has 1 aromatic carbocycles. The molecule has 1 N–H and O–H groups in total. The van der Waals surface area contributed by atoms with E-state index in [2.05, 4.69) is 11.9 Å². The summed E-state index contributed by atoms with van der Waals surface area (Å²) in [6, 6.07) is 3.36. The molecule has 0 fully saturated rings. The van der Waals surface area contributed by atoms with E-state index >= 15 is 0 Å². The van der Waals surface area contributed by atoms with Gasteiger partial charge in [0, 0.05) is 12.6 Å². The highest BCUT2D eigenvalue weighted by Crippen LogP contribution is 2.16. The van der Waals surface area contributed by atoms with E-state index in [-0.39, 0.29) is 10.9 Å². The van der Waals surface area contributed by atoms with Crippen LogP contribution in [0.3, 0.4) is 0 Å². The molecule has 0 amide bonds. The maximum Gasteiger partial charge on any atom is 0.261 e. The molecule has 0 unspecified atom stereocenters. The first-order valence-corrected chi connectivity index (χ1v) is 4.49. The topological polar surface area (TPSA) is 21.3 Å². The van der Waals surface area contributed by atoms with Crippen LogP contribution in [0, 0.1) is 11.6 Å². The lowest BCUT2D eigenvalue weighted by Crippen LogP contribution is -2.17. The molecular formula is C10H9F2NOS. The third-order valence-electron chi connectivity index (χ3n) is 1.66. The summed E-state index contributed by atoms with van der Waals surface area (Å²) in [6.45, 7) is 3.54. The summed E-state index contributed by atoms with van der Waals surface area (Å²) in [5, 5.41) is 2.69. The minimum atomic E-state index is -0.951. The molecule has 0 aliphatic rings. The minimum Gasteiger partial charge on any atom is -0.432 e. The van der Waals surface area contributed by atoms with Crippen LogP contribution in [-0.2, 0) is 4.74 Å². The molecule has 0 spiro atoms. The number of nitrogens with one attached hydrogen (secondary N) is 1. The second-order valence-electron chi connectivity index (χ2n) is 2.69. The molecule has 0 saturated carbocycles. The highest BCUT2D eigenvalue weighted by molar-refractivity contribution is 7.80. The van der Waals surface area contributed by atoms with Crippen molar-refractivity contribution >= 4 is 23.2 Å². The van der Waals surface area contributed by atoms with Crippen LogP contribution in [0.15, 0.2) is 24.8 Å². The molecule has 0 saturated heterocycles. The van der Waals surface area contributed by atoms with Crippen molar-refractivity contribution in [3.63, 3.8) is 0 Å². The lowest BCUT2D eigenvalue weighted by atomic mass is 10.2. The van der Waals surface area contributed by atoms with Crippen LogP contribution in [0.5, 0.6) is 0 Å². The molecule has 0 aliphatic carbocycles. The lowest BCUT2D eigenvalue weighted by Gasteiger charge is -2.08. The van der Waals surface area contributed by atoms with E-state index in [4.69, 9.17) is 17.0 Å². The van der Waals surface area contributed by atoms with Crippen molar-refractivity contribution < 1.29 is 13.5 Å². The Morgan fingerprint density at radius 3 is 2.60 bits per heavy atom. The zero-order chi connectivity index (χ0) is 11.4. The Morgan fingerprint density at radius 1 is 1.40 bits per heavy atom. The van der Waals surface area contributed by atoms with E-state index in [9.17, 15) is 8.78 Å². The van der Waals surface area contributed by atoms with E-state index in [1.54, 1.807) is 7.05 Å². The first kappa shape index (κ1) is 11.6. The van der Waals surface area contributed by atoms with Crippen molar-refractivity contribution in [3.05, 3.63) is 42.0 Å². The highest BCUT2D eigenvalue weighted by Gasteiger charge is 2.07. The quantitative estimate of drug-likeness (QED) is 0.621. The Labute approximate surface area is 91.6 Å². The summed E-state index contributed by atoms with van der Waals surface area (Å²) >= 11 is 4.73. The number of hydrogen-bond acceptors (Lipinski definition) is 2. The standard InChI is InChI=1S/C10H9F2NOS/c1-6(14-10(15)13-2)7-3-4-8(11)9(12)5-7/h3-5H,1H2,2H3,(H,13,15). The second-order valence-corrected chi connectivity index (χ2v) is 3.06. The molecule has 0 atom stereocenters. The molecule has 0 heterocycles. The second kappa shape index (κ2) is 4.84. The summed E-state index contributed by atoms with van der Waals surface area (Å²) < 4.78 is 30.5. The van der Waals surface area contributed by atoms with Gasteiger partial charge in [-0.05, 0) is 30.4 Å². The highest BCUT2D eigenvalue weighted by atomic mass is 32.1. The number of thiocarbonyl (C=S) groups is 1. The first-order chi connectivity index (χ1) is 7.04. The zero-order valence-corrected chi connectivity index (χ0v) is 8.83. The van der Waals surface area contributed by atoms with E-state index in [0.29, 0.717) is 5.56 Å². The molecule has 0 radical (unpaired) electrons. The van der Waals surface area contributed by atoms with Crippen LogP contribution in [-0.4, -0.2) is 12.2 Å². The van der Waals surface area contributed by atoms with Crippen LogP contribution in [0.4, 0.5) is 8.78 Å². The van der Waals surface area contributed by atoms with Crippen LogP contribution in [0.2, 0.25) is 0 Å². The average molecular weight is 229 g/mol. The van der Waals surface area contributed by atoms with Crippen LogP contribution < -0.4 is 5.32 Å². The average Bonchev–Trinajstić information content (AvgIpc) is 2.21. The molecule has 0 aromatic heterocycles. The van der Waals surface area contributed by atoms with Crippen LogP contribution >= 0.6 is 12.2 Å². The van der Waals surface area contributed by atoms with Gasteiger partial charge in [0.25, 0.3) is 5.17 Å². The third-order valence-corrected chi connectivity index (χ3v) is 1.95. The summed E-state index contributed by atoms with van der Waals surface area (Å²) in [5.74, 6) is -1.70. The number of rotatable bonds is 2. The van der Waals surface area contributed by atoms with Crippen molar-refractivity contribution in [1.82, 2.24) is 5.32 Å². The molecule has 1 aromatic rings. The smallest absolute Gasteiger partial charge is 0.261 e. The van der Waals surface area contributed by atoms with Crippen molar-refractivity contribution in [2.24, 2.45) is 0 Å². The summed E-state index contributed by atoms with van der Waals surface area (Å²) in [5.41, 5.74) is 0.339. The summed E-state index contributed by atoms with van der Waals surface area (Å²) in [4.78, 5) is 0. The summed E-state index contributed by atoms with van der Waals surface area (Å²) in [6.07, 6.45) is 0. The normalized spacial score (nSPS) is 9.53. The molecule has 1 rings (SSSR count). The zero-order valence-electron chi connectivity index (χ0n) is 8.01. The van der Waals surface area contributed by atoms with Gasteiger partial charge in [-0.25, -0.2) is 8.78 Å². The molecule has 80 valence electrons. The van der Waals surface area contributed by atoms with Gasteiger partial charge in [0.1, 0.15) is 5.76 Å². The van der Waals surface area contributed by atoms with Crippen molar-refractivity contribution in [2.75, 3.05) is 7.05 Å². The van der Waals surface area contributed by atoms with Gasteiger partial charge in [0.15, 0.2) is 11.6 Å². The Kier molecular flexibility index (Phi) is 3.74. The van der Waals surface area contributed by atoms with Gasteiger partial charge in [-0.1, -0.05) is 6.58 Å². The molecule has 0 aliphatic heterocycles. The molecule has 15 heavy (non-hydrogen) atoms. The Bertz CT molecular complexity index is 406. The number of halogens is 2. The Hall–Kier alpha value is -1.49. The Balaban J connectivity index is 2.83. The number of ether oxygens (including phenoxy) is 1. The lowest BCUT2D eigenvalue weighted by molar-refractivity contribution is 0.492. The Morgan fingerprint density at radius 2 is 2.07 bits per heavy atom. The fraction of sp³-hybridized carbons (Fsp3) is 0.100. The fourth-order valence-electron chi connectivity index (χ4n) is 0.891. The molecule has 5 heteroatoms. The SMILES string of the molecule is C=C(OC(=S)NC)c1ccc(F)c(F)c1. The van der Waals surface area contributed by atoms with Gasteiger partial charge in [-0.2, -0.15) is 0 Å². The van der Waals surface area contributed by atoms with Crippen LogP contribution in [0.1, 0.15) is 5.56 Å². The minimum absolute atomic E-state index is 0.115. The van der Waals surface area contributed by atoms with E-state index in [1.807, 2.05) is 0 Å². The number of benzene rings is 1. The van der Waals surface area contributed by atoms with E-state index in [1.165, 1.54) is 6.07 Å². The van der Waals surface area contributed by atoms with E-state index in [0.717, 1.165) is 12.1 Å². The molecular weight excluding hydrogens is 220 g/mol. The predicted octanol–water partition coefficient (Wildman–Crippen LogP) is 2.46. The third kappa shape index (κ3) is 2.99. The maximum atomic E-state index is 12.8. The maximum absolute atomic E-state index is 12.8. The van der Waals surface area contributed by atoms with Gasteiger partial charge in [-0.15, -0.1) is 0 Å². The van der Waals surface area contributed by atoms with Crippen molar-refractivity contribution in [2.45, 2.75) is 0 Å². The number of hydrogen-bond donors (Lipinski definition) is 1. The molecule has 2 nitrogen and oxygen atoms in total. The van der Waals surface area contributed by atoms with Gasteiger partial charge in [-0.3, -0.25) is 0 Å². The van der Waals surface area contributed by atoms with Gasteiger partial charge >= 0.3 is 0 Å². The first-order valence-electron chi connectivity index (χ1n) is 4.08. The van der Waals surface area contributed by atoms with Gasteiger partial charge in [0.2, 0.25) is 0 Å². The van der Waals surface area contributed by atoms with Crippen molar-refractivity contribution in [3.8, 4) is 0 Å². The predicted molar refractivity (Wildman–Crippen MR) is 58.1 cm³/mol. The van der Waals surface area contributed by atoms with Crippen LogP contribution in [0.25, 0.3) is 5.76 Å². The largest absolute Gasteiger partial charge is 0.432 e. The van der Waals surface area contributed by atoms with Gasteiger partial charge in [0.05, 0.1) is 0 Å². The molecule has 0 bridgehead atoms.